The van der Waals surface area contributed by atoms with Crippen LogP contribution in [0.25, 0.3) is 0 Å². The van der Waals surface area contributed by atoms with E-state index < -0.39 is 79.2 Å². The Labute approximate surface area is 183 Å². The molecular formula is C19H26O13. The van der Waals surface area contributed by atoms with Crippen molar-refractivity contribution in [2.24, 2.45) is 0 Å². The van der Waals surface area contributed by atoms with E-state index in [-0.39, 0.29) is 0 Å². The third-order valence-electron chi connectivity index (χ3n) is 3.86. The van der Waals surface area contributed by atoms with Crippen LogP contribution in [0.3, 0.4) is 0 Å². The normalized spacial score (nSPS) is 27.2. The second kappa shape index (κ2) is 12.0. The van der Waals surface area contributed by atoms with Crippen molar-refractivity contribution in [3.8, 4) is 0 Å². The predicted molar refractivity (Wildman–Crippen MR) is 99.3 cm³/mol. The van der Waals surface area contributed by atoms with E-state index >= 15 is 0 Å². The average molecular weight is 462 g/mol. The molecule has 13 heteroatoms. The van der Waals surface area contributed by atoms with Gasteiger partial charge in [0.1, 0.15) is 12.7 Å². The highest BCUT2D eigenvalue weighted by atomic mass is 16.7. The second-order valence-corrected chi connectivity index (χ2v) is 6.75. The zero-order chi connectivity index (χ0) is 24.6. The van der Waals surface area contributed by atoms with Crippen molar-refractivity contribution >= 4 is 35.8 Å². The molecule has 32 heavy (non-hydrogen) atoms. The van der Waals surface area contributed by atoms with Crippen molar-refractivity contribution in [3.05, 3.63) is 0 Å². The van der Waals surface area contributed by atoms with Crippen molar-refractivity contribution in [2.75, 3.05) is 6.61 Å². The molecule has 0 aliphatic carbocycles. The molecule has 180 valence electrons. The van der Waals surface area contributed by atoms with Crippen LogP contribution >= 0.6 is 0 Å². The highest BCUT2D eigenvalue weighted by Gasteiger charge is 2.55. The van der Waals surface area contributed by atoms with Crippen LogP contribution in [0.1, 0.15) is 41.5 Å². The zero-order valence-electron chi connectivity index (χ0n) is 18.5. The SMILES string of the molecule is CC(=O)OC[C@H]1O[C@H](OC(C)=O)[C@@H](OC(C)=O)[C@H](OC(C)=O)[C@@H](OC(C)=O)[C@@H]1OC(C)=O. The number of carbonyl (C=O) groups is 6. The van der Waals surface area contributed by atoms with E-state index in [1.54, 1.807) is 0 Å². The standard InChI is InChI=1S/C19H26O13/c1-8(20)26-7-14-15(27-9(2)21)16(28-10(3)22)17(29-11(4)23)18(30-12(5)24)19(32-14)31-13(6)25/h14-19H,7H2,1-6H3/t14-,15-,16+,17-,18+,19+/m1/s1. The summed E-state index contributed by atoms with van der Waals surface area (Å²) < 4.78 is 36.6. The summed E-state index contributed by atoms with van der Waals surface area (Å²) in [6.07, 6.45) is -9.46. The molecule has 1 aliphatic rings. The molecular weight excluding hydrogens is 436 g/mol. The molecule has 1 aliphatic heterocycles. The fraction of sp³-hybridized carbons (Fsp3) is 0.684. The van der Waals surface area contributed by atoms with Crippen molar-refractivity contribution in [2.45, 2.75) is 78.4 Å². The lowest BCUT2D eigenvalue weighted by Gasteiger charge is -2.33. The lowest BCUT2D eigenvalue weighted by atomic mass is 9.99. The summed E-state index contributed by atoms with van der Waals surface area (Å²) in [7, 11) is 0. The van der Waals surface area contributed by atoms with Crippen LogP contribution in [0, 0.1) is 0 Å². The Balaban J connectivity index is 3.66. The molecule has 1 heterocycles. The van der Waals surface area contributed by atoms with Gasteiger partial charge in [-0.2, -0.15) is 0 Å². The molecule has 0 aromatic heterocycles. The summed E-state index contributed by atoms with van der Waals surface area (Å²) in [4.78, 5) is 70.2. The van der Waals surface area contributed by atoms with Gasteiger partial charge in [0.2, 0.25) is 12.4 Å². The first-order valence-electron chi connectivity index (χ1n) is 9.46. The average Bonchev–Trinajstić information content (AvgIpc) is 2.70. The van der Waals surface area contributed by atoms with Gasteiger partial charge in [0.15, 0.2) is 18.3 Å². The van der Waals surface area contributed by atoms with Crippen LogP contribution in [-0.4, -0.2) is 79.2 Å². The first-order valence-corrected chi connectivity index (χ1v) is 9.46. The molecule has 6 atom stereocenters. The lowest BCUT2D eigenvalue weighted by Crippen LogP contribution is -2.54. The van der Waals surface area contributed by atoms with Gasteiger partial charge in [0.05, 0.1) is 0 Å². The highest BCUT2D eigenvalue weighted by molar-refractivity contribution is 5.70. The summed E-state index contributed by atoms with van der Waals surface area (Å²) >= 11 is 0. The van der Waals surface area contributed by atoms with E-state index in [9.17, 15) is 28.8 Å². The first-order chi connectivity index (χ1) is 14.8. The summed E-state index contributed by atoms with van der Waals surface area (Å²) in [6.45, 7) is 5.74. The number of rotatable bonds is 7. The van der Waals surface area contributed by atoms with Crippen molar-refractivity contribution in [3.63, 3.8) is 0 Å². The van der Waals surface area contributed by atoms with E-state index in [1.807, 2.05) is 0 Å². The van der Waals surface area contributed by atoms with Gasteiger partial charge in [0, 0.05) is 41.5 Å². The summed E-state index contributed by atoms with van der Waals surface area (Å²) in [5, 5.41) is 0. The van der Waals surface area contributed by atoms with Gasteiger partial charge >= 0.3 is 35.8 Å². The molecule has 0 saturated carbocycles. The number of esters is 6. The smallest absolute Gasteiger partial charge is 0.305 e. The van der Waals surface area contributed by atoms with Crippen LogP contribution in [0.2, 0.25) is 0 Å². The minimum atomic E-state index is -1.71. The molecule has 1 saturated heterocycles. The van der Waals surface area contributed by atoms with Gasteiger partial charge in [0.25, 0.3) is 0 Å². The molecule has 0 radical (unpaired) electrons. The van der Waals surface area contributed by atoms with Gasteiger partial charge in [-0.15, -0.1) is 0 Å². The maximum atomic E-state index is 11.8. The molecule has 0 bridgehead atoms. The van der Waals surface area contributed by atoms with Crippen LogP contribution in [0.5, 0.6) is 0 Å². The van der Waals surface area contributed by atoms with Crippen LogP contribution < -0.4 is 0 Å². The molecule has 0 unspecified atom stereocenters. The molecule has 13 nitrogen and oxygen atoms in total. The Kier molecular flexibility index (Phi) is 10.0. The molecule has 0 aromatic rings. The van der Waals surface area contributed by atoms with E-state index in [0.29, 0.717) is 0 Å². The van der Waals surface area contributed by atoms with E-state index in [1.165, 1.54) is 0 Å². The monoisotopic (exact) mass is 462 g/mol. The van der Waals surface area contributed by atoms with Crippen LogP contribution in [0.15, 0.2) is 0 Å². The molecule has 1 fully saturated rings. The Hall–Kier alpha value is -3.22. The van der Waals surface area contributed by atoms with Gasteiger partial charge in [-0.05, 0) is 0 Å². The minimum Gasteiger partial charge on any atom is -0.463 e. The van der Waals surface area contributed by atoms with Gasteiger partial charge in [-0.25, -0.2) is 0 Å². The van der Waals surface area contributed by atoms with Gasteiger partial charge in [-0.3, -0.25) is 28.8 Å². The fourth-order valence-corrected chi connectivity index (χ4v) is 2.96. The van der Waals surface area contributed by atoms with Crippen molar-refractivity contribution in [1.29, 1.82) is 0 Å². The summed E-state index contributed by atoms with van der Waals surface area (Å²) in [6, 6.07) is 0. The van der Waals surface area contributed by atoms with Crippen molar-refractivity contribution < 1.29 is 61.9 Å². The van der Waals surface area contributed by atoms with Crippen molar-refractivity contribution in [1.82, 2.24) is 0 Å². The maximum absolute atomic E-state index is 11.8. The maximum Gasteiger partial charge on any atom is 0.305 e. The van der Waals surface area contributed by atoms with Gasteiger partial charge in [-0.1, -0.05) is 0 Å². The molecule has 1 rings (SSSR count). The molecule has 0 spiro atoms. The molecule has 0 N–H and O–H groups in total. The largest absolute Gasteiger partial charge is 0.463 e. The lowest BCUT2D eigenvalue weighted by molar-refractivity contribution is -0.240. The predicted octanol–water partition coefficient (Wildman–Crippen LogP) is -0.436. The number of hydrogen-bond donors (Lipinski definition) is 0. The van der Waals surface area contributed by atoms with Gasteiger partial charge < -0.3 is 33.2 Å². The van der Waals surface area contributed by atoms with E-state index in [2.05, 4.69) is 0 Å². The topological polar surface area (TPSA) is 167 Å². The number of ether oxygens (including phenoxy) is 7. The third kappa shape index (κ3) is 8.49. The Bertz CT molecular complexity index is 746. The van der Waals surface area contributed by atoms with E-state index in [0.717, 1.165) is 41.5 Å². The van der Waals surface area contributed by atoms with E-state index in [4.69, 9.17) is 33.2 Å². The number of carbonyl (C=O) groups excluding carboxylic acids is 6. The molecule has 0 aromatic carbocycles. The Morgan fingerprint density at radius 2 is 0.906 bits per heavy atom. The number of hydrogen-bond acceptors (Lipinski definition) is 13. The second-order valence-electron chi connectivity index (χ2n) is 6.75. The first kappa shape index (κ1) is 26.8. The fourth-order valence-electron chi connectivity index (χ4n) is 2.96. The Morgan fingerprint density at radius 3 is 1.31 bits per heavy atom. The third-order valence-corrected chi connectivity index (χ3v) is 3.86. The quantitative estimate of drug-likeness (QED) is 0.353. The van der Waals surface area contributed by atoms with Crippen LogP contribution in [0.4, 0.5) is 0 Å². The summed E-state index contributed by atoms with van der Waals surface area (Å²) in [5.74, 6) is -5.07. The Morgan fingerprint density at radius 1 is 0.531 bits per heavy atom. The molecule has 0 amide bonds. The zero-order valence-corrected chi connectivity index (χ0v) is 18.5. The highest BCUT2D eigenvalue weighted by Crippen LogP contribution is 2.31. The summed E-state index contributed by atoms with van der Waals surface area (Å²) in [5.41, 5.74) is 0. The minimum absolute atomic E-state index is 0.539. The van der Waals surface area contributed by atoms with Crippen LogP contribution in [-0.2, 0) is 61.9 Å².